The molecule has 0 aromatic carbocycles. The second-order valence-corrected chi connectivity index (χ2v) is 3.97. The highest BCUT2D eigenvalue weighted by atomic mass is 16.4. The molecule has 0 aliphatic heterocycles. The minimum absolute atomic E-state index is 0.146. The molecule has 0 spiro atoms. The zero-order valence-electron chi connectivity index (χ0n) is 8.07. The lowest BCUT2D eigenvalue weighted by Gasteiger charge is -2.07. The zero-order valence-corrected chi connectivity index (χ0v) is 8.07. The van der Waals surface area contributed by atoms with Crippen molar-refractivity contribution in [1.82, 2.24) is 0 Å². The summed E-state index contributed by atoms with van der Waals surface area (Å²) in [5.41, 5.74) is 2.26. The van der Waals surface area contributed by atoms with Crippen LogP contribution < -0.4 is 0 Å². The van der Waals surface area contributed by atoms with Crippen molar-refractivity contribution in [1.29, 1.82) is 0 Å². The fraction of sp³-hybridized carbons (Fsp3) is 0.417. The molecule has 0 amide bonds. The number of rotatable bonds is 3. The van der Waals surface area contributed by atoms with Gasteiger partial charge in [-0.1, -0.05) is 24.3 Å². The molecule has 0 heterocycles. The molecule has 2 nitrogen and oxygen atoms in total. The Morgan fingerprint density at radius 1 is 1.50 bits per heavy atom. The predicted molar refractivity (Wildman–Crippen MR) is 54.9 cm³/mol. The molecule has 0 saturated heterocycles. The summed E-state index contributed by atoms with van der Waals surface area (Å²) in [6.07, 6.45) is 12.0. The Morgan fingerprint density at radius 3 is 2.79 bits per heavy atom. The van der Waals surface area contributed by atoms with Gasteiger partial charge in [0.2, 0.25) is 0 Å². The van der Waals surface area contributed by atoms with Gasteiger partial charge >= 0.3 is 5.97 Å². The smallest absolute Gasteiger partial charge is 0.307 e. The Hall–Kier alpha value is -1.31. The zero-order chi connectivity index (χ0) is 9.97. The van der Waals surface area contributed by atoms with Gasteiger partial charge in [-0.3, -0.25) is 4.79 Å². The first-order valence-corrected chi connectivity index (χ1v) is 5.03. The number of carbonyl (C=O) groups is 1. The van der Waals surface area contributed by atoms with E-state index in [9.17, 15) is 4.79 Å². The fourth-order valence-electron chi connectivity index (χ4n) is 1.59. The van der Waals surface area contributed by atoms with Gasteiger partial charge in [0.05, 0.1) is 6.42 Å². The van der Waals surface area contributed by atoms with Gasteiger partial charge in [0, 0.05) is 0 Å². The maximum atomic E-state index is 10.4. The van der Waals surface area contributed by atoms with Crippen molar-refractivity contribution in [2.75, 3.05) is 0 Å². The maximum Gasteiger partial charge on any atom is 0.307 e. The van der Waals surface area contributed by atoms with Gasteiger partial charge in [-0.2, -0.15) is 0 Å². The summed E-state index contributed by atoms with van der Waals surface area (Å²) >= 11 is 0. The molecule has 1 N–H and O–H groups in total. The van der Waals surface area contributed by atoms with E-state index in [4.69, 9.17) is 5.11 Å². The average Bonchev–Trinajstić information content (AvgIpc) is 2.91. The molecule has 0 bridgehead atoms. The van der Waals surface area contributed by atoms with Crippen LogP contribution in [0.15, 0.2) is 35.5 Å². The van der Waals surface area contributed by atoms with Crippen molar-refractivity contribution in [3.8, 4) is 0 Å². The van der Waals surface area contributed by atoms with E-state index in [1.165, 1.54) is 18.4 Å². The van der Waals surface area contributed by atoms with Crippen molar-refractivity contribution < 1.29 is 9.90 Å². The third-order valence-corrected chi connectivity index (χ3v) is 2.54. The second kappa shape index (κ2) is 3.82. The van der Waals surface area contributed by atoms with Crippen molar-refractivity contribution in [3.63, 3.8) is 0 Å². The van der Waals surface area contributed by atoms with Gasteiger partial charge in [-0.05, 0) is 36.3 Å². The molecule has 0 unspecified atom stereocenters. The number of aliphatic carboxylic acids is 1. The SMILES string of the molecule is O=C(O)CC1=CCC(=CC2CC2)C=C1. The largest absolute Gasteiger partial charge is 0.481 e. The quantitative estimate of drug-likeness (QED) is 0.742. The average molecular weight is 190 g/mol. The summed E-state index contributed by atoms with van der Waals surface area (Å²) in [5.74, 6) is 0.0413. The van der Waals surface area contributed by atoms with Crippen LogP contribution in [-0.2, 0) is 4.79 Å². The summed E-state index contributed by atoms with van der Waals surface area (Å²) in [6.45, 7) is 0. The molecular weight excluding hydrogens is 176 g/mol. The number of carboxylic acids is 1. The molecule has 14 heavy (non-hydrogen) atoms. The normalized spacial score (nSPS) is 23.7. The second-order valence-electron chi connectivity index (χ2n) is 3.97. The molecule has 0 radical (unpaired) electrons. The molecule has 2 heteroatoms. The van der Waals surface area contributed by atoms with Crippen molar-refractivity contribution in [2.24, 2.45) is 5.92 Å². The molecule has 0 aromatic rings. The molecule has 2 aliphatic rings. The Bertz CT molecular complexity index is 330. The van der Waals surface area contributed by atoms with Crippen LogP contribution >= 0.6 is 0 Å². The van der Waals surface area contributed by atoms with Crippen LogP contribution in [0.2, 0.25) is 0 Å². The van der Waals surface area contributed by atoms with Gasteiger partial charge < -0.3 is 5.11 Å². The van der Waals surface area contributed by atoms with E-state index in [0.29, 0.717) is 0 Å². The van der Waals surface area contributed by atoms with E-state index in [1.807, 2.05) is 12.2 Å². The third-order valence-electron chi connectivity index (χ3n) is 2.54. The van der Waals surface area contributed by atoms with Gasteiger partial charge in [0.25, 0.3) is 0 Å². The summed E-state index contributed by atoms with van der Waals surface area (Å²) in [6, 6.07) is 0. The Balaban J connectivity index is 1.93. The number of hydrogen-bond acceptors (Lipinski definition) is 1. The Morgan fingerprint density at radius 2 is 2.29 bits per heavy atom. The molecule has 0 atom stereocenters. The fourth-order valence-corrected chi connectivity index (χ4v) is 1.59. The summed E-state index contributed by atoms with van der Waals surface area (Å²) < 4.78 is 0. The lowest BCUT2D eigenvalue weighted by atomic mass is 9.99. The first-order valence-electron chi connectivity index (χ1n) is 5.03. The van der Waals surface area contributed by atoms with Crippen LogP contribution in [0.3, 0.4) is 0 Å². The Kier molecular flexibility index (Phi) is 2.53. The number of carboxylic acid groups (broad SMARTS) is 1. The topological polar surface area (TPSA) is 37.3 Å². The van der Waals surface area contributed by atoms with Gasteiger partial charge in [-0.25, -0.2) is 0 Å². The first kappa shape index (κ1) is 9.25. The monoisotopic (exact) mass is 190 g/mol. The van der Waals surface area contributed by atoms with Crippen LogP contribution in [0, 0.1) is 5.92 Å². The highest BCUT2D eigenvalue weighted by Crippen LogP contribution is 2.33. The van der Waals surface area contributed by atoms with Crippen LogP contribution in [-0.4, -0.2) is 11.1 Å². The molecule has 1 saturated carbocycles. The van der Waals surface area contributed by atoms with E-state index in [-0.39, 0.29) is 6.42 Å². The highest BCUT2D eigenvalue weighted by molar-refractivity contribution is 5.71. The lowest BCUT2D eigenvalue weighted by Crippen LogP contribution is -1.98. The minimum Gasteiger partial charge on any atom is -0.481 e. The van der Waals surface area contributed by atoms with Gasteiger partial charge in [-0.15, -0.1) is 0 Å². The predicted octanol–water partition coefficient (Wildman–Crippen LogP) is 2.68. The maximum absolute atomic E-state index is 10.4. The standard InChI is InChI=1S/C12H14O2/c13-12(14)8-11-5-3-10(4-6-11)7-9-1-2-9/h3,5-7,9H,1-2,4,8H2,(H,13,14). The minimum atomic E-state index is -0.754. The van der Waals surface area contributed by atoms with Gasteiger partial charge in [0.1, 0.15) is 0 Å². The van der Waals surface area contributed by atoms with E-state index in [2.05, 4.69) is 12.2 Å². The summed E-state index contributed by atoms with van der Waals surface area (Å²) in [7, 11) is 0. The molecule has 1 fully saturated rings. The van der Waals surface area contributed by atoms with E-state index >= 15 is 0 Å². The summed E-state index contributed by atoms with van der Waals surface area (Å²) in [5, 5.41) is 8.60. The molecule has 2 rings (SSSR count). The number of hydrogen-bond donors (Lipinski definition) is 1. The van der Waals surface area contributed by atoms with Crippen LogP contribution in [0.25, 0.3) is 0 Å². The highest BCUT2D eigenvalue weighted by Gasteiger charge is 2.18. The van der Waals surface area contributed by atoms with Gasteiger partial charge in [0.15, 0.2) is 0 Å². The number of allylic oxidation sites excluding steroid dienone is 5. The Labute approximate surface area is 83.6 Å². The van der Waals surface area contributed by atoms with Crippen molar-refractivity contribution >= 4 is 5.97 Å². The third kappa shape index (κ3) is 2.59. The molecule has 74 valence electrons. The van der Waals surface area contributed by atoms with Crippen LogP contribution in [0.1, 0.15) is 25.7 Å². The van der Waals surface area contributed by atoms with E-state index in [0.717, 1.165) is 17.9 Å². The van der Waals surface area contributed by atoms with Crippen LogP contribution in [0.4, 0.5) is 0 Å². The van der Waals surface area contributed by atoms with Crippen molar-refractivity contribution in [2.45, 2.75) is 25.7 Å². The van der Waals surface area contributed by atoms with E-state index < -0.39 is 5.97 Å². The lowest BCUT2D eigenvalue weighted by molar-refractivity contribution is -0.136. The summed E-state index contributed by atoms with van der Waals surface area (Å²) in [4.78, 5) is 10.4. The van der Waals surface area contributed by atoms with Crippen molar-refractivity contribution in [3.05, 3.63) is 35.5 Å². The first-order chi connectivity index (χ1) is 6.74. The molecular formula is C12H14O2. The molecule has 0 aromatic heterocycles. The van der Waals surface area contributed by atoms with E-state index in [1.54, 1.807) is 0 Å². The van der Waals surface area contributed by atoms with Crippen LogP contribution in [0.5, 0.6) is 0 Å². The molecule has 2 aliphatic carbocycles.